The summed E-state index contributed by atoms with van der Waals surface area (Å²) < 4.78 is 29.9. The van der Waals surface area contributed by atoms with Gasteiger partial charge in [-0.25, -0.2) is 4.39 Å². The highest BCUT2D eigenvalue weighted by molar-refractivity contribution is 5.94. The number of benzene rings is 2. The molecule has 2 aromatic carbocycles. The lowest BCUT2D eigenvalue weighted by molar-refractivity contribution is 0.101. The predicted molar refractivity (Wildman–Crippen MR) is 120 cm³/mol. The van der Waals surface area contributed by atoms with E-state index in [-0.39, 0.29) is 11.6 Å². The molecule has 0 N–H and O–H groups in total. The van der Waals surface area contributed by atoms with E-state index in [1.165, 1.54) is 19.1 Å². The van der Waals surface area contributed by atoms with Gasteiger partial charge in [0.1, 0.15) is 5.82 Å². The maximum atomic E-state index is 13.4. The molecule has 0 unspecified atom stereocenters. The Bertz CT molecular complexity index is 1070. The predicted octanol–water partition coefficient (Wildman–Crippen LogP) is 5.22. The van der Waals surface area contributed by atoms with Gasteiger partial charge in [0, 0.05) is 22.9 Å². The average Bonchev–Trinajstić information content (AvgIpc) is 3.22. The van der Waals surface area contributed by atoms with Gasteiger partial charge in [-0.2, -0.15) is 0 Å². The number of carbonyl (C=O) groups excluding carboxylic acids is 1. The number of hydrogen-bond donors (Lipinski definition) is 0. The molecule has 170 valence electrons. The Kier molecular flexibility index (Phi) is 7.05. The molecule has 3 aromatic rings. The fourth-order valence-electron chi connectivity index (χ4n) is 4.28. The molecule has 0 bridgehead atoms. The Morgan fingerprint density at radius 1 is 1.16 bits per heavy atom. The van der Waals surface area contributed by atoms with Gasteiger partial charge in [-0.3, -0.25) is 4.79 Å². The van der Waals surface area contributed by atoms with Gasteiger partial charge in [0.2, 0.25) is 0 Å². The molecule has 0 aliphatic carbocycles. The number of piperidine rings is 1. The maximum absolute atomic E-state index is 13.4. The highest BCUT2D eigenvalue weighted by Gasteiger charge is 2.25. The molecule has 0 saturated carbocycles. The molecule has 1 saturated heterocycles. The minimum Gasteiger partial charge on any atom is -0.493 e. The second kappa shape index (κ2) is 10.1. The standard InChI is InChI=1S/C25H29FN2O4/c1-17(29)19-5-8-22(24(15-19)30-2)31-14-4-3-11-28-12-9-18(10-13-28)25-21-7-6-20(26)16-23(21)32-27-25/h5-8,15-16,18H,3-4,9-14H2,1-2H3. The van der Waals surface area contributed by atoms with Crippen LogP contribution in [0.1, 0.15) is 54.6 Å². The highest BCUT2D eigenvalue weighted by atomic mass is 19.1. The number of hydrogen-bond acceptors (Lipinski definition) is 6. The van der Waals surface area contributed by atoms with E-state index < -0.39 is 0 Å². The third kappa shape index (κ3) is 5.10. The van der Waals surface area contributed by atoms with Crippen molar-refractivity contribution in [3.8, 4) is 11.5 Å². The van der Waals surface area contributed by atoms with Crippen molar-refractivity contribution in [2.45, 2.75) is 38.5 Å². The number of nitrogens with zero attached hydrogens (tertiary/aromatic N) is 2. The van der Waals surface area contributed by atoms with E-state index in [2.05, 4.69) is 10.1 Å². The van der Waals surface area contributed by atoms with E-state index in [1.807, 2.05) is 0 Å². The summed E-state index contributed by atoms with van der Waals surface area (Å²) >= 11 is 0. The second-order valence-corrected chi connectivity index (χ2v) is 8.30. The van der Waals surface area contributed by atoms with Crippen LogP contribution in [0.2, 0.25) is 0 Å². The minimum atomic E-state index is -0.300. The summed E-state index contributed by atoms with van der Waals surface area (Å²) in [6.45, 7) is 5.20. The molecule has 7 heteroatoms. The first-order valence-electron chi connectivity index (χ1n) is 11.1. The van der Waals surface area contributed by atoms with Crippen LogP contribution in [0.5, 0.6) is 11.5 Å². The number of Topliss-reactive ketones (excluding diaryl/α,β-unsaturated/α-hetero) is 1. The lowest BCUT2D eigenvalue weighted by Crippen LogP contribution is -2.34. The van der Waals surface area contributed by atoms with Crippen molar-refractivity contribution >= 4 is 16.8 Å². The number of halogens is 1. The minimum absolute atomic E-state index is 0.00394. The van der Waals surface area contributed by atoms with Gasteiger partial charge in [-0.15, -0.1) is 0 Å². The summed E-state index contributed by atoms with van der Waals surface area (Å²) in [5, 5.41) is 5.15. The molecule has 1 aliphatic rings. The molecule has 4 rings (SSSR count). The van der Waals surface area contributed by atoms with E-state index in [0.717, 1.165) is 56.4 Å². The van der Waals surface area contributed by atoms with E-state index in [4.69, 9.17) is 14.0 Å². The van der Waals surface area contributed by atoms with Gasteiger partial charge in [0.25, 0.3) is 0 Å². The quantitative estimate of drug-likeness (QED) is 0.336. The van der Waals surface area contributed by atoms with Crippen molar-refractivity contribution in [1.82, 2.24) is 10.1 Å². The van der Waals surface area contributed by atoms with Crippen LogP contribution in [-0.2, 0) is 0 Å². The largest absolute Gasteiger partial charge is 0.493 e. The molecule has 1 aromatic heterocycles. The normalized spacial score (nSPS) is 15.2. The van der Waals surface area contributed by atoms with Gasteiger partial charge in [-0.1, -0.05) is 5.16 Å². The molecule has 0 atom stereocenters. The topological polar surface area (TPSA) is 64.8 Å². The summed E-state index contributed by atoms with van der Waals surface area (Å²) in [5.74, 6) is 1.31. The number of methoxy groups -OCH3 is 1. The number of aromatic nitrogens is 1. The molecular formula is C25H29FN2O4. The summed E-state index contributed by atoms with van der Waals surface area (Å²) in [6.07, 6.45) is 4.03. The Morgan fingerprint density at radius 3 is 2.72 bits per heavy atom. The maximum Gasteiger partial charge on any atom is 0.170 e. The van der Waals surface area contributed by atoms with Gasteiger partial charge in [-0.05, 0) is 82.6 Å². The van der Waals surface area contributed by atoms with Crippen molar-refractivity contribution in [3.63, 3.8) is 0 Å². The van der Waals surface area contributed by atoms with Crippen LogP contribution in [0.4, 0.5) is 4.39 Å². The van der Waals surface area contributed by atoms with E-state index in [1.54, 1.807) is 31.4 Å². The Labute approximate surface area is 187 Å². The fraction of sp³-hybridized carbons (Fsp3) is 0.440. The van der Waals surface area contributed by atoms with Crippen LogP contribution in [0.3, 0.4) is 0 Å². The first-order valence-corrected chi connectivity index (χ1v) is 11.1. The van der Waals surface area contributed by atoms with Crippen molar-refractivity contribution in [3.05, 3.63) is 53.5 Å². The van der Waals surface area contributed by atoms with Crippen molar-refractivity contribution in [2.75, 3.05) is 33.4 Å². The van der Waals surface area contributed by atoms with Crippen molar-refractivity contribution in [1.29, 1.82) is 0 Å². The summed E-state index contributed by atoms with van der Waals surface area (Å²) in [7, 11) is 1.58. The van der Waals surface area contributed by atoms with Crippen LogP contribution >= 0.6 is 0 Å². The first-order chi connectivity index (χ1) is 15.5. The zero-order valence-electron chi connectivity index (χ0n) is 18.6. The number of rotatable bonds is 9. The smallest absolute Gasteiger partial charge is 0.170 e. The summed E-state index contributed by atoms with van der Waals surface area (Å²) in [4.78, 5) is 14.0. The number of carbonyl (C=O) groups is 1. The number of ether oxygens (including phenoxy) is 2. The number of unbranched alkanes of at least 4 members (excludes halogenated alkanes) is 1. The number of fused-ring (bicyclic) bond motifs is 1. The van der Waals surface area contributed by atoms with Crippen molar-refractivity contribution in [2.24, 2.45) is 0 Å². The van der Waals surface area contributed by atoms with E-state index >= 15 is 0 Å². The van der Waals surface area contributed by atoms with Gasteiger partial charge < -0.3 is 18.9 Å². The summed E-state index contributed by atoms with van der Waals surface area (Å²) in [6, 6.07) is 9.91. The van der Waals surface area contributed by atoms with Gasteiger partial charge >= 0.3 is 0 Å². The molecule has 2 heterocycles. The monoisotopic (exact) mass is 440 g/mol. The molecule has 32 heavy (non-hydrogen) atoms. The molecule has 1 aliphatic heterocycles. The van der Waals surface area contributed by atoms with Gasteiger partial charge in [0.15, 0.2) is 22.9 Å². The molecule has 0 spiro atoms. The fourth-order valence-corrected chi connectivity index (χ4v) is 4.28. The van der Waals surface area contributed by atoms with Gasteiger partial charge in [0.05, 0.1) is 19.4 Å². The zero-order chi connectivity index (χ0) is 22.5. The molecule has 1 fully saturated rings. The Hall–Kier alpha value is -2.93. The van der Waals surface area contributed by atoms with Crippen LogP contribution in [0, 0.1) is 5.82 Å². The van der Waals surface area contributed by atoms with Crippen LogP contribution in [0.15, 0.2) is 40.9 Å². The second-order valence-electron chi connectivity index (χ2n) is 8.30. The van der Waals surface area contributed by atoms with E-state index in [0.29, 0.717) is 35.2 Å². The SMILES string of the molecule is COc1cc(C(C)=O)ccc1OCCCCN1CCC(c2noc3cc(F)ccc23)CC1. The number of ketones is 1. The van der Waals surface area contributed by atoms with Crippen molar-refractivity contribution < 1.29 is 23.2 Å². The zero-order valence-corrected chi connectivity index (χ0v) is 18.6. The Balaban J connectivity index is 1.19. The van der Waals surface area contributed by atoms with Crippen LogP contribution in [0.25, 0.3) is 11.0 Å². The average molecular weight is 441 g/mol. The lowest BCUT2D eigenvalue weighted by atomic mass is 9.91. The molecular weight excluding hydrogens is 411 g/mol. The molecule has 0 radical (unpaired) electrons. The Morgan fingerprint density at radius 2 is 1.97 bits per heavy atom. The van der Waals surface area contributed by atoms with Crippen LogP contribution < -0.4 is 9.47 Å². The summed E-state index contributed by atoms with van der Waals surface area (Å²) in [5.41, 5.74) is 2.09. The highest BCUT2D eigenvalue weighted by Crippen LogP contribution is 2.33. The van der Waals surface area contributed by atoms with E-state index in [9.17, 15) is 9.18 Å². The van der Waals surface area contributed by atoms with Crippen LogP contribution in [-0.4, -0.2) is 49.2 Å². The lowest BCUT2D eigenvalue weighted by Gasteiger charge is -2.31. The third-order valence-corrected chi connectivity index (χ3v) is 6.13. The number of likely N-dealkylation sites (tertiary alicyclic amines) is 1. The molecule has 6 nitrogen and oxygen atoms in total. The first kappa shape index (κ1) is 22.3. The third-order valence-electron chi connectivity index (χ3n) is 6.13. The molecule has 0 amide bonds.